The number of rotatable bonds is 3. The van der Waals surface area contributed by atoms with Crippen LogP contribution in [-0.2, 0) is 11.2 Å². The number of carbonyl (C=O) groups is 1. The quantitative estimate of drug-likeness (QED) is 0.695. The Hall–Kier alpha value is -2.73. The van der Waals surface area contributed by atoms with Gasteiger partial charge in [0.1, 0.15) is 18.0 Å². The maximum atomic E-state index is 13.8. The van der Waals surface area contributed by atoms with Gasteiger partial charge in [0.15, 0.2) is 0 Å². The summed E-state index contributed by atoms with van der Waals surface area (Å²) in [5.74, 6) is 0.451. The molecule has 1 saturated heterocycles. The van der Waals surface area contributed by atoms with Gasteiger partial charge < -0.3 is 9.80 Å². The molecule has 1 aliphatic rings. The number of nitrogens with zero attached hydrogens (tertiary/aromatic N) is 4. The minimum atomic E-state index is -0.337. The largest absolute Gasteiger partial charge is 0.352 e. The number of benzene rings is 2. The number of amides is 1. The Morgan fingerprint density at radius 1 is 1.07 bits per heavy atom. The van der Waals surface area contributed by atoms with Crippen LogP contribution < -0.4 is 4.90 Å². The van der Waals surface area contributed by atoms with E-state index in [1.54, 1.807) is 23.1 Å². The Bertz CT molecular complexity index is 989. The fourth-order valence-electron chi connectivity index (χ4n) is 3.35. The van der Waals surface area contributed by atoms with Crippen LogP contribution in [0, 0.1) is 5.82 Å². The van der Waals surface area contributed by atoms with Crippen molar-refractivity contribution < 1.29 is 9.18 Å². The molecule has 0 radical (unpaired) electrons. The highest BCUT2D eigenvalue weighted by atomic mass is 35.5. The third kappa shape index (κ3) is 3.71. The van der Waals surface area contributed by atoms with Crippen molar-refractivity contribution in [3.63, 3.8) is 0 Å². The van der Waals surface area contributed by atoms with Gasteiger partial charge in [-0.1, -0.05) is 29.8 Å². The molecule has 2 aromatic carbocycles. The lowest BCUT2D eigenvalue weighted by Gasteiger charge is -2.35. The predicted octanol–water partition coefficient (Wildman–Crippen LogP) is 3.31. The van der Waals surface area contributed by atoms with Gasteiger partial charge in [0.05, 0.1) is 11.9 Å². The van der Waals surface area contributed by atoms with Crippen molar-refractivity contribution in [1.29, 1.82) is 0 Å². The molecule has 0 aliphatic carbocycles. The van der Waals surface area contributed by atoms with Gasteiger partial charge in [0, 0.05) is 36.6 Å². The van der Waals surface area contributed by atoms with Gasteiger partial charge in [-0.3, -0.25) is 4.79 Å². The molecule has 138 valence electrons. The van der Waals surface area contributed by atoms with Gasteiger partial charge in [0.2, 0.25) is 5.91 Å². The minimum Gasteiger partial charge on any atom is -0.352 e. The summed E-state index contributed by atoms with van der Waals surface area (Å²) in [6, 6.07) is 12.0. The maximum absolute atomic E-state index is 13.8. The van der Waals surface area contributed by atoms with Crippen LogP contribution in [0.1, 0.15) is 5.56 Å². The third-order valence-electron chi connectivity index (χ3n) is 4.81. The maximum Gasteiger partial charge on any atom is 0.227 e. The Kier molecular flexibility index (Phi) is 4.90. The summed E-state index contributed by atoms with van der Waals surface area (Å²) < 4.78 is 13.8. The Morgan fingerprint density at radius 3 is 2.63 bits per heavy atom. The summed E-state index contributed by atoms with van der Waals surface area (Å²) in [6.07, 6.45) is 1.62. The first-order valence-electron chi connectivity index (χ1n) is 8.78. The lowest BCUT2D eigenvalue weighted by Crippen LogP contribution is -2.49. The topological polar surface area (TPSA) is 49.3 Å². The van der Waals surface area contributed by atoms with Gasteiger partial charge in [-0.25, -0.2) is 14.4 Å². The van der Waals surface area contributed by atoms with E-state index in [4.69, 9.17) is 11.6 Å². The second kappa shape index (κ2) is 7.48. The number of hydrogen-bond donors (Lipinski definition) is 0. The molecule has 0 N–H and O–H groups in total. The molecule has 3 aromatic rings. The average molecular weight is 385 g/mol. The summed E-state index contributed by atoms with van der Waals surface area (Å²) in [6.45, 7) is 2.48. The highest BCUT2D eigenvalue weighted by Crippen LogP contribution is 2.26. The first-order valence-corrected chi connectivity index (χ1v) is 9.16. The molecule has 0 unspecified atom stereocenters. The normalized spacial score (nSPS) is 14.6. The van der Waals surface area contributed by atoms with Crippen LogP contribution in [0.3, 0.4) is 0 Å². The SMILES string of the molecule is O=C(Cc1ccccc1F)N1CCN(c2ncnc3cc(Cl)ccc23)CC1. The van der Waals surface area contributed by atoms with Crippen LogP contribution in [0.2, 0.25) is 5.02 Å². The molecule has 2 heterocycles. The van der Waals surface area contributed by atoms with Crippen molar-refractivity contribution in [2.75, 3.05) is 31.1 Å². The number of fused-ring (bicyclic) bond motifs is 1. The zero-order valence-electron chi connectivity index (χ0n) is 14.6. The van der Waals surface area contributed by atoms with E-state index in [0.717, 1.165) is 16.7 Å². The molecule has 1 fully saturated rings. The number of halogens is 2. The molecule has 4 rings (SSSR count). The van der Waals surface area contributed by atoms with Crippen LogP contribution in [0.25, 0.3) is 10.9 Å². The van der Waals surface area contributed by atoms with E-state index in [0.29, 0.717) is 36.8 Å². The Balaban J connectivity index is 1.45. The van der Waals surface area contributed by atoms with Gasteiger partial charge in [-0.15, -0.1) is 0 Å². The van der Waals surface area contributed by atoms with Crippen LogP contribution in [0.5, 0.6) is 0 Å². The molecule has 1 aliphatic heterocycles. The van der Waals surface area contributed by atoms with Gasteiger partial charge in [-0.2, -0.15) is 0 Å². The summed E-state index contributed by atoms with van der Waals surface area (Å²) in [5.41, 5.74) is 1.23. The van der Waals surface area contributed by atoms with Crippen LogP contribution >= 0.6 is 11.6 Å². The zero-order valence-corrected chi connectivity index (χ0v) is 15.4. The van der Waals surface area contributed by atoms with Crippen molar-refractivity contribution in [2.45, 2.75) is 6.42 Å². The van der Waals surface area contributed by atoms with Gasteiger partial charge >= 0.3 is 0 Å². The number of aromatic nitrogens is 2. The first kappa shape index (κ1) is 17.7. The summed E-state index contributed by atoms with van der Waals surface area (Å²) >= 11 is 6.04. The van der Waals surface area contributed by atoms with E-state index >= 15 is 0 Å². The molecule has 27 heavy (non-hydrogen) atoms. The molecule has 1 aromatic heterocycles. The summed E-state index contributed by atoms with van der Waals surface area (Å²) in [5, 5.41) is 1.57. The second-order valence-electron chi connectivity index (χ2n) is 6.49. The number of piperazine rings is 1. The number of carbonyl (C=O) groups excluding carboxylic acids is 1. The summed E-state index contributed by atoms with van der Waals surface area (Å²) in [7, 11) is 0. The zero-order chi connectivity index (χ0) is 18.8. The smallest absolute Gasteiger partial charge is 0.227 e. The third-order valence-corrected chi connectivity index (χ3v) is 5.04. The molecule has 0 spiro atoms. The van der Waals surface area contributed by atoms with Crippen molar-refractivity contribution >= 4 is 34.2 Å². The minimum absolute atomic E-state index is 0.0564. The molecule has 7 heteroatoms. The molecule has 1 amide bonds. The van der Waals surface area contributed by atoms with Gasteiger partial charge in [-0.05, 0) is 29.8 Å². The van der Waals surface area contributed by atoms with E-state index in [1.165, 1.54) is 12.4 Å². The van der Waals surface area contributed by atoms with Crippen LogP contribution in [0.15, 0.2) is 48.8 Å². The Labute approximate surface area is 161 Å². The van der Waals surface area contributed by atoms with Crippen molar-refractivity contribution in [1.82, 2.24) is 14.9 Å². The molecular weight excluding hydrogens is 367 g/mol. The first-order chi connectivity index (χ1) is 13.1. The lowest BCUT2D eigenvalue weighted by atomic mass is 10.1. The van der Waals surface area contributed by atoms with Crippen molar-refractivity contribution in [3.05, 3.63) is 65.2 Å². The summed E-state index contributed by atoms with van der Waals surface area (Å²) in [4.78, 5) is 25.1. The van der Waals surface area contributed by atoms with E-state index in [9.17, 15) is 9.18 Å². The van der Waals surface area contributed by atoms with Crippen molar-refractivity contribution in [2.24, 2.45) is 0 Å². The standard InChI is InChI=1S/C20H18ClFN4O/c21-15-5-6-16-18(12-15)23-13-24-20(16)26-9-7-25(8-10-26)19(27)11-14-3-1-2-4-17(14)22/h1-6,12-13H,7-11H2. The monoisotopic (exact) mass is 384 g/mol. The molecule has 0 saturated carbocycles. The van der Waals surface area contributed by atoms with E-state index in [-0.39, 0.29) is 18.1 Å². The van der Waals surface area contributed by atoms with E-state index in [1.807, 2.05) is 18.2 Å². The van der Waals surface area contributed by atoms with E-state index in [2.05, 4.69) is 14.9 Å². The molecule has 0 atom stereocenters. The molecular formula is C20H18ClFN4O. The fourth-order valence-corrected chi connectivity index (χ4v) is 3.52. The predicted molar refractivity (Wildman–Crippen MR) is 103 cm³/mol. The van der Waals surface area contributed by atoms with Crippen LogP contribution in [-0.4, -0.2) is 47.0 Å². The van der Waals surface area contributed by atoms with E-state index < -0.39 is 0 Å². The number of hydrogen-bond acceptors (Lipinski definition) is 4. The average Bonchev–Trinajstić information content (AvgIpc) is 2.69. The Morgan fingerprint density at radius 2 is 1.85 bits per heavy atom. The lowest BCUT2D eigenvalue weighted by molar-refractivity contribution is -0.130. The molecule has 5 nitrogen and oxygen atoms in total. The second-order valence-corrected chi connectivity index (χ2v) is 6.93. The van der Waals surface area contributed by atoms with Crippen molar-refractivity contribution in [3.8, 4) is 0 Å². The molecule has 0 bridgehead atoms. The number of anilines is 1. The highest BCUT2D eigenvalue weighted by Gasteiger charge is 2.23. The van der Waals surface area contributed by atoms with Crippen LogP contribution in [0.4, 0.5) is 10.2 Å². The highest BCUT2D eigenvalue weighted by molar-refractivity contribution is 6.31. The fraction of sp³-hybridized carbons (Fsp3) is 0.250. The van der Waals surface area contributed by atoms with Gasteiger partial charge in [0.25, 0.3) is 0 Å².